The van der Waals surface area contributed by atoms with E-state index in [9.17, 15) is 5.11 Å². The van der Waals surface area contributed by atoms with Crippen LogP contribution in [0.1, 0.15) is 32.6 Å². The van der Waals surface area contributed by atoms with Crippen molar-refractivity contribution in [3.05, 3.63) is 22.7 Å². The molecule has 0 aliphatic heterocycles. The quantitative estimate of drug-likeness (QED) is 0.735. The van der Waals surface area contributed by atoms with E-state index in [-0.39, 0.29) is 0 Å². The topological polar surface area (TPSA) is 58.3 Å². The molecule has 0 saturated heterocycles. The first kappa shape index (κ1) is 12.7. The molecule has 0 bridgehead atoms. The smallest absolute Gasteiger partial charge is 0.0621 e. The molecule has 1 aromatic carbocycles. The van der Waals surface area contributed by atoms with Gasteiger partial charge < -0.3 is 16.2 Å². The Balaban J connectivity index is 1.98. The van der Waals surface area contributed by atoms with Crippen LogP contribution in [0, 0.1) is 0 Å². The molecule has 1 aliphatic rings. The number of hydrogen-bond donors (Lipinski definition) is 3. The van der Waals surface area contributed by atoms with Crippen LogP contribution in [0.15, 0.2) is 22.7 Å². The highest BCUT2D eigenvalue weighted by Gasteiger charge is 2.28. The summed E-state index contributed by atoms with van der Waals surface area (Å²) in [6, 6.07) is 6.30. The largest absolute Gasteiger partial charge is 0.397 e. The van der Waals surface area contributed by atoms with Crippen molar-refractivity contribution in [1.82, 2.24) is 0 Å². The maximum atomic E-state index is 9.89. The lowest BCUT2D eigenvalue weighted by molar-refractivity contribution is 0.0196. The lowest BCUT2D eigenvalue weighted by atomic mass is 9.83. The summed E-state index contributed by atoms with van der Waals surface area (Å²) in [7, 11) is 0. The summed E-state index contributed by atoms with van der Waals surface area (Å²) in [5, 5.41) is 13.3. The summed E-state index contributed by atoms with van der Waals surface area (Å²) in [5.41, 5.74) is 7.21. The fourth-order valence-electron chi connectivity index (χ4n) is 2.27. The van der Waals surface area contributed by atoms with Crippen molar-refractivity contribution in [2.75, 3.05) is 11.1 Å². The number of hydrogen-bond acceptors (Lipinski definition) is 3. The highest BCUT2D eigenvalue weighted by molar-refractivity contribution is 9.10. The van der Waals surface area contributed by atoms with Crippen LogP contribution in [-0.4, -0.2) is 16.7 Å². The predicted molar refractivity (Wildman–Crippen MR) is 75.1 cm³/mol. The molecule has 0 atom stereocenters. The van der Waals surface area contributed by atoms with E-state index in [1.54, 1.807) is 0 Å². The second kappa shape index (κ2) is 4.86. The second-order valence-electron chi connectivity index (χ2n) is 5.15. The molecule has 0 spiro atoms. The Hall–Kier alpha value is -0.740. The van der Waals surface area contributed by atoms with Gasteiger partial charge in [0.05, 0.1) is 17.0 Å². The van der Waals surface area contributed by atoms with Crippen LogP contribution < -0.4 is 11.1 Å². The van der Waals surface area contributed by atoms with Gasteiger partial charge >= 0.3 is 0 Å². The van der Waals surface area contributed by atoms with Crippen molar-refractivity contribution in [2.24, 2.45) is 0 Å². The number of nitrogens with two attached hydrogens (primary N) is 1. The van der Waals surface area contributed by atoms with Gasteiger partial charge in [-0.15, -0.1) is 0 Å². The minimum atomic E-state index is -0.483. The number of anilines is 2. The molecule has 4 heteroatoms. The molecule has 0 radical (unpaired) electrons. The van der Waals surface area contributed by atoms with Gasteiger partial charge in [-0.25, -0.2) is 0 Å². The summed E-state index contributed by atoms with van der Waals surface area (Å²) in [5.74, 6) is 0. The monoisotopic (exact) mass is 298 g/mol. The van der Waals surface area contributed by atoms with Gasteiger partial charge in [-0.1, -0.05) is 15.9 Å². The third-order valence-electron chi connectivity index (χ3n) is 3.44. The summed E-state index contributed by atoms with van der Waals surface area (Å²) in [6.45, 7) is 1.91. The van der Waals surface area contributed by atoms with Gasteiger partial charge in [0.2, 0.25) is 0 Å². The summed E-state index contributed by atoms with van der Waals surface area (Å²) < 4.78 is 0.993. The van der Waals surface area contributed by atoms with Crippen molar-refractivity contribution in [3.63, 3.8) is 0 Å². The minimum absolute atomic E-state index is 0.415. The highest BCUT2D eigenvalue weighted by atomic mass is 79.9. The van der Waals surface area contributed by atoms with Crippen LogP contribution in [-0.2, 0) is 0 Å². The van der Waals surface area contributed by atoms with E-state index in [4.69, 9.17) is 5.73 Å². The van der Waals surface area contributed by atoms with Gasteiger partial charge in [-0.05, 0) is 50.8 Å². The standard InChI is InChI=1S/C13H19BrN2O/c1-13(17)6-4-10(5-7-13)16-12-3-2-9(14)8-11(12)15/h2-3,8,10,16-17H,4-7,15H2,1H3/t10-,13+. The Morgan fingerprint density at radius 1 is 1.41 bits per heavy atom. The molecule has 94 valence electrons. The number of benzene rings is 1. The van der Waals surface area contributed by atoms with E-state index in [2.05, 4.69) is 21.2 Å². The molecule has 0 unspecified atom stereocenters. The third kappa shape index (κ3) is 3.36. The fourth-order valence-corrected chi connectivity index (χ4v) is 2.65. The summed E-state index contributed by atoms with van der Waals surface area (Å²) >= 11 is 3.40. The third-order valence-corrected chi connectivity index (χ3v) is 3.93. The molecule has 4 N–H and O–H groups in total. The van der Waals surface area contributed by atoms with Crippen molar-refractivity contribution < 1.29 is 5.11 Å². The first-order chi connectivity index (χ1) is 7.96. The average molecular weight is 299 g/mol. The van der Waals surface area contributed by atoms with Crippen molar-refractivity contribution in [3.8, 4) is 0 Å². The van der Waals surface area contributed by atoms with Gasteiger partial charge in [-0.3, -0.25) is 0 Å². The van der Waals surface area contributed by atoms with Crippen LogP contribution in [0.25, 0.3) is 0 Å². The van der Waals surface area contributed by atoms with Crippen LogP contribution in [0.2, 0.25) is 0 Å². The average Bonchev–Trinajstić information content (AvgIpc) is 2.25. The number of rotatable bonds is 2. The Morgan fingerprint density at radius 3 is 2.65 bits per heavy atom. The first-order valence-electron chi connectivity index (χ1n) is 6.00. The SMILES string of the molecule is C[C@]1(O)CC[C@@H](Nc2ccc(Br)cc2N)CC1. The predicted octanol–water partition coefficient (Wildman–Crippen LogP) is 3.14. The van der Waals surface area contributed by atoms with E-state index in [0.717, 1.165) is 41.5 Å². The Kier molecular flexibility index (Phi) is 3.64. The highest BCUT2D eigenvalue weighted by Crippen LogP contribution is 2.31. The van der Waals surface area contributed by atoms with Crippen LogP contribution in [0.3, 0.4) is 0 Å². The van der Waals surface area contributed by atoms with Gasteiger partial charge in [0.1, 0.15) is 0 Å². The van der Waals surface area contributed by atoms with Gasteiger partial charge in [-0.2, -0.15) is 0 Å². The van der Waals surface area contributed by atoms with Gasteiger partial charge in [0, 0.05) is 10.5 Å². The fraction of sp³-hybridized carbons (Fsp3) is 0.538. The van der Waals surface area contributed by atoms with Crippen LogP contribution in [0.4, 0.5) is 11.4 Å². The second-order valence-corrected chi connectivity index (χ2v) is 6.06. The van der Waals surface area contributed by atoms with Crippen molar-refractivity contribution in [2.45, 2.75) is 44.2 Å². The molecule has 3 nitrogen and oxygen atoms in total. The molecule has 17 heavy (non-hydrogen) atoms. The maximum absolute atomic E-state index is 9.89. The molecular weight excluding hydrogens is 280 g/mol. The van der Waals surface area contributed by atoms with Gasteiger partial charge in [0.25, 0.3) is 0 Å². The number of aliphatic hydroxyl groups is 1. The molecule has 1 saturated carbocycles. The molecule has 0 heterocycles. The van der Waals surface area contributed by atoms with E-state index in [1.165, 1.54) is 0 Å². The molecular formula is C13H19BrN2O. The first-order valence-corrected chi connectivity index (χ1v) is 6.79. The minimum Gasteiger partial charge on any atom is -0.397 e. The Bertz CT molecular complexity index is 396. The lowest BCUT2D eigenvalue weighted by Gasteiger charge is -2.34. The molecule has 1 fully saturated rings. The van der Waals surface area contributed by atoms with E-state index in [0.29, 0.717) is 6.04 Å². The molecule has 0 amide bonds. The summed E-state index contributed by atoms with van der Waals surface area (Å²) in [4.78, 5) is 0. The molecule has 2 rings (SSSR count). The van der Waals surface area contributed by atoms with Crippen molar-refractivity contribution >= 4 is 27.3 Å². The molecule has 1 aliphatic carbocycles. The van der Waals surface area contributed by atoms with E-state index >= 15 is 0 Å². The zero-order chi connectivity index (χ0) is 12.5. The molecule has 1 aromatic rings. The molecule has 0 aromatic heterocycles. The Morgan fingerprint density at radius 2 is 2.06 bits per heavy atom. The maximum Gasteiger partial charge on any atom is 0.0621 e. The van der Waals surface area contributed by atoms with Crippen molar-refractivity contribution in [1.29, 1.82) is 0 Å². The number of halogens is 1. The van der Waals surface area contributed by atoms with E-state index in [1.807, 2.05) is 25.1 Å². The number of nitrogen functional groups attached to an aromatic ring is 1. The van der Waals surface area contributed by atoms with Gasteiger partial charge in [0.15, 0.2) is 0 Å². The normalized spacial score (nSPS) is 29.0. The number of nitrogens with one attached hydrogen (secondary N) is 1. The lowest BCUT2D eigenvalue weighted by Crippen LogP contribution is -2.35. The zero-order valence-corrected chi connectivity index (χ0v) is 11.6. The van der Waals surface area contributed by atoms with Crippen LogP contribution >= 0.6 is 15.9 Å². The Labute approximate surface area is 111 Å². The van der Waals surface area contributed by atoms with E-state index < -0.39 is 5.60 Å². The zero-order valence-electron chi connectivity index (χ0n) is 10.0. The van der Waals surface area contributed by atoms with Crippen LogP contribution in [0.5, 0.6) is 0 Å². The summed E-state index contributed by atoms with van der Waals surface area (Å²) in [6.07, 6.45) is 3.67.